The van der Waals surface area contributed by atoms with Crippen molar-refractivity contribution in [3.8, 4) is 0 Å². The molecule has 1 aromatic heterocycles. The van der Waals surface area contributed by atoms with Gasteiger partial charge in [-0.3, -0.25) is 0 Å². The molecule has 1 N–H and O–H groups in total. The van der Waals surface area contributed by atoms with Gasteiger partial charge in [0.05, 0.1) is 6.61 Å². The second-order valence-electron chi connectivity index (χ2n) is 5.86. The lowest BCUT2D eigenvalue weighted by atomic mass is 10.2. The second kappa shape index (κ2) is 8.46. The molecule has 1 aromatic carbocycles. The normalized spacial score (nSPS) is 14.2. The third-order valence-corrected chi connectivity index (χ3v) is 4.17. The number of hydrogen-bond donors (Lipinski definition) is 1. The summed E-state index contributed by atoms with van der Waals surface area (Å²) in [5.74, 6) is 0.962. The van der Waals surface area contributed by atoms with Crippen molar-refractivity contribution in [1.82, 2.24) is 14.9 Å². The van der Waals surface area contributed by atoms with E-state index in [0.29, 0.717) is 50.8 Å². The van der Waals surface area contributed by atoms with Crippen LogP contribution in [0.4, 0.5) is 21.0 Å². The van der Waals surface area contributed by atoms with E-state index in [1.54, 1.807) is 36.2 Å². The van der Waals surface area contributed by atoms with Gasteiger partial charge in [0.15, 0.2) is 0 Å². The number of amides is 1. The van der Waals surface area contributed by atoms with Gasteiger partial charge in [-0.2, -0.15) is 4.98 Å². The summed E-state index contributed by atoms with van der Waals surface area (Å²) in [6, 6.07) is 8.43. The molecule has 2 heterocycles. The zero-order valence-electron chi connectivity index (χ0n) is 14.7. The van der Waals surface area contributed by atoms with Crippen LogP contribution in [0.25, 0.3) is 0 Å². The predicted molar refractivity (Wildman–Crippen MR) is 96.6 cm³/mol. The molecule has 1 aliphatic rings. The fraction of sp³-hybridized carbons (Fsp3) is 0.389. The predicted octanol–water partition coefficient (Wildman–Crippen LogP) is 2.51. The third-order valence-electron chi connectivity index (χ3n) is 4.17. The van der Waals surface area contributed by atoms with E-state index >= 15 is 0 Å². The molecule has 138 valence electrons. The average Bonchev–Trinajstić information content (AvgIpc) is 2.68. The highest BCUT2D eigenvalue weighted by molar-refractivity contribution is 5.68. The minimum atomic E-state index is -0.276. The van der Waals surface area contributed by atoms with Gasteiger partial charge in [-0.15, -0.1) is 0 Å². The second-order valence-corrected chi connectivity index (χ2v) is 5.86. The zero-order chi connectivity index (χ0) is 18.4. The zero-order valence-corrected chi connectivity index (χ0v) is 14.7. The molecular weight excluding hydrogens is 337 g/mol. The summed E-state index contributed by atoms with van der Waals surface area (Å²) in [5, 5.41) is 3.05. The molecule has 0 aliphatic carbocycles. The third kappa shape index (κ3) is 4.38. The van der Waals surface area contributed by atoms with Crippen molar-refractivity contribution < 1.29 is 13.9 Å². The van der Waals surface area contributed by atoms with E-state index in [9.17, 15) is 9.18 Å². The Morgan fingerprint density at radius 3 is 2.73 bits per heavy atom. The van der Waals surface area contributed by atoms with Crippen LogP contribution in [0.3, 0.4) is 0 Å². The summed E-state index contributed by atoms with van der Waals surface area (Å²) < 4.78 is 18.7. The van der Waals surface area contributed by atoms with E-state index < -0.39 is 0 Å². The first-order valence-electron chi connectivity index (χ1n) is 8.64. The minimum absolute atomic E-state index is 0.258. The summed E-state index contributed by atoms with van der Waals surface area (Å²) in [5.41, 5.74) is 0.560. The maximum Gasteiger partial charge on any atom is 0.409 e. The van der Waals surface area contributed by atoms with Gasteiger partial charge in [-0.25, -0.2) is 14.2 Å². The fourth-order valence-electron chi connectivity index (χ4n) is 2.76. The quantitative estimate of drug-likeness (QED) is 0.885. The number of halogens is 1. The van der Waals surface area contributed by atoms with E-state index in [2.05, 4.69) is 20.2 Å². The number of anilines is 2. The van der Waals surface area contributed by atoms with Gasteiger partial charge < -0.3 is 19.9 Å². The van der Waals surface area contributed by atoms with Gasteiger partial charge in [0, 0.05) is 44.5 Å². The molecule has 0 unspecified atom stereocenters. The van der Waals surface area contributed by atoms with Crippen LogP contribution in [0.15, 0.2) is 36.5 Å². The number of carbonyl (C=O) groups excluding carboxylic acids is 1. The molecule has 1 fully saturated rings. The Labute approximate surface area is 151 Å². The molecule has 1 amide bonds. The molecule has 0 bridgehead atoms. The van der Waals surface area contributed by atoms with Crippen LogP contribution >= 0.6 is 0 Å². The molecule has 0 spiro atoms. The van der Waals surface area contributed by atoms with E-state index in [0.717, 1.165) is 5.82 Å². The standard InChI is InChI=1S/C18H22FN5O2/c1-2-26-18(25)24-11-9-23(10-12-24)16-7-8-20-17(22-16)21-13-14-5-3-4-6-15(14)19/h3-8H,2,9-13H2,1H3,(H,20,21,22). The van der Waals surface area contributed by atoms with E-state index in [1.165, 1.54) is 6.07 Å². The van der Waals surface area contributed by atoms with Crippen molar-refractivity contribution >= 4 is 17.9 Å². The Hall–Kier alpha value is -2.90. The number of piperazine rings is 1. The van der Waals surface area contributed by atoms with Crippen molar-refractivity contribution in [2.45, 2.75) is 13.5 Å². The van der Waals surface area contributed by atoms with Gasteiger partial charge in [0.1, 0.15) is 11.6 Å². The van der Waals surface area contributed by atoms with Crippen LogP contribution < -0.4 is 10.2 Å². The molecule has 0 radical (unpaired) electrons. The maximum atomic E-state index is 13.7. The minimum Gasteiger partial charge on any atom is -0.450 e. The van der Waals surface area contributed by atoms with Crippen molar-refractivity contribution in [2.75, 3.05) is 43.0 Å². The summed E-state index contributed by atoms with van der Waals surface area (Å²) in [6.45, 7) is 4.99. The largest absolute Gasteiger partial charge is 0.450 e. The molecule has 2 aromatic rings. The number of benzene rings is 1. The molecule has 1 aliphatic heterocycles. The number of carbonyl (C=O) groups is 1. The summed E-state index contributed by atoms with van der Waals surface area (Å²) >= 11 is 0. The van der Waals surface area contributed by atoms with Crippen molar-refractivity contribution in [3.63, 3.8) is 0 Å². The Morgan fingerprint density at radius 2 is 2.00 bits per heavy atom. The SMILES string of the molecule is CCOC(=O)N1CCN(c2ccnc(NCc3ccccc3F)n2)CC1. The lowest BCUT2D eigenvalue weighted by Crippen LogP contribution is -2.49. The Bertz CT molecular complexity index is 750. The lowest BCUT2D eigenvalue weighted by molar-refractivity contribution is 0.105. The number of hydrogen-bond acceptors (Lipinski definition) is 6. The van der Waals surface area contributed by atoms with Crippen LogP contribution in [0.2, 0.25) is 0 Å². The van der Waals surface area contributed by atoms with Gasteiger partial charge in [0.2, 0.25) is 5.95 Å². The van der Waals surface area contributed by atoms with Gasteiger partial charge >= 0.3 is 6.09 Å². The molecule has 1 saturated heterocycles. The van der Waals surface area contributed by atoms with Gasteiger partial charge in [0.25, 0.3) is 0 Å². The number of aromatic nitrogens is 2. The summed E-state index contributed by atoms with van der Waals surface area (Å²) in [7, 11) is 0. The van der Waals surface area contributed by atoms with Crippen LogP contribution in [0.5, 0.6) is 0 Å². The van der Waals surface area contributed by atoms with Crippen LogP contribution in [0, 0.1) is 5.82 Å². The highest BCUT2D eigenvalue weighted by atomic mass is 19.1. The van der Waals surface area contributed by atoms with Crippen LogP contribution in [-0.4, -0.2) is 53.7 Å². The molecule has 8 heteroatoms. The Morgan fingerprint density at radius 1 is 1.23 bits per heavy atom. The first-order chi connectivity index (χ1) is 12.7. The first kappa shape index (κ1) is 17.9. The molecule has 26 heavy (non-hydrogen) atoms. The molecular formula is C18H22FN5O2. The van der Waals surface area contributed by atoms with Crippen molar-refractivity contribution in [2.24, 2.45) is 0 Å². The van der Waals surface area contributed by atoms with Crippen LogP contribution in [0.1, 0.15) is 12.5 Å². The van der Waals surface area contributed by atoms with Gasteiger partial charge in [-0.05, 0) is 19.1 Å². The smallest absolute Gasteiger partial charge is 0.409 e. The van der Waals surface area contributed by atoms with Crippen LogP contribution in [-0.2, 0) is 11.3 Å². The number of nitrogens with zero attached hydrogens (tertiary/aromatic N) is 4. The highest BCUT2D eigenvalue weighted by Gasteiger charge is 2.22. The lowest BCUT2D eigenvalue weighted by Gasteiger charge is -2.34. The van der Waals surface area contributed by atoms with E-state index in [1.807, 2.05) is 6.07 Å². The Balaban J connectivity index is 1.58. The maximum absolute atomic E-state index is 13.7. The van der Waals surface area contributed by atoms with Crippen molar-refractivity contribution in [1.29, 1.82) is 0 Å². The number of rotatable bonds is 5. The molecule has 7 nitrogen and oxygen atoms in total. The number of ether oxygens (including phenoxy) is 1. The fourth-order valence-corrected chi connectivity index (χ4v) is 2.76. The average molecular weight is 359 g/mol. The first-order valence-corrected chi connectivity index (χ1v) is 8.64. The topological polar surface area (TPSA) is 70.6 Å². The highest BCUT2D eigenvalue weighted by Crippen LogP contribution is 2.16. The molecule has 0 atom stereocenters. The van der Waals surface area contributed by atoms with Gasteiger partial charge in [-0.1, -0.05) is 18.2 Å². The summed E-state index contributed by atoms with van der Waals surface area (Å²) in [6.07, 6.45) is 1.39. The summed E-state index contributed by atoms with van der Waals surface area (Å²) in [4.78, 5) is 24.2. The number of nitrogens with one attached hydrogen (secondary N) is 1. The molecule has 3 rings (SSSR count). The Kier molecular flexibility index (Phi) is 5.83. The van der Waals surface area contributed by atoms with E-state index in [4.69, 9.17) is 4.74 Å². The van der Waals surface area contributed by atoms with Crippen molar-refractivity contribution in [3.05, 3.63) is 47.9 Å². The monoisotopic (exact) mass is 359 g/mol. The molecule has 0 saturated carbocycles. The van der Waals surface area contributed by atoms with E-state index in [-0.39, 0.29) is 11.9 Å².